The van der Waals surface area contributed by atoms with Gasteiger partial charge in [0.2, 0.25) is 0 Å². The normalized spacial score (nSPS) is 11.2. The lowest BCUT2D eigenvalue weighted by Gasteiger charge is -2.21. The van der Waals surface area contributed by atoms with Gasteiger partial charge in [-0.1, -0.05) is 6.07 Å². The van der Waals surface area contributed by atoms with Crippen molar-refractivity contribution >= 4 is 21.6 Å². The van der Waals surface area contributed by atoms with Gasteiger partial charge >= 0.3 is 10.2 Å². The average Bonchev–Trinajstić information content (AvgIpc) is 2.38. The molecule has 7 heteroatoms. The van der Waals surface area contributed by atoms with Crippen LogP contribution in [0.1, 0.15) is 12.0 Å². The van der Waals surface area contributed by atoms with E-state index in [-0.39, 0.29) is 0 Å². The summed E-state index contributed by atoms with van der Waals surface area (Å²) in [5.41, 5.74) is 2.25. The quantitative estimate of drug-likeness (QED) is 0.864. The number of nitrogens with one attached hydrogen (secondary N) is 1. The van der Waals surface area contributed by atoms with Gasteiger partial charge in [-0.15, -0.1) is 0 Å². The molecule has 1 rings (SSSR count). The van der Waals surface area contributed by atoms with Gasteiger partial charge < -0.3 is 4.90 Å². The van der Waals surface area contributed by atoms with Gasteiger partial charge in [-0.2, -0.15) is 18.0 Å². The number of rotatable bonds is 6. The van der Waals surface area contributed by atoms with Gasteiger partial charge in [0.25, 0.3) is 0 Å². The third-order valence-electron chi connectivity index (χ3n) is 2.94. The fraction of sp³-hybridized carbons (Fsp3) is 0.462. The Morgan fingerprint density at radius 1 is 1.30 bits per heavy atom. The number of anilines is 2. The van der Waals surface area contributed by atoms with Crippen molar-refractivity contribution in [1.29, 1.82) is 5.26 Å². The van der Waals surface area contributed by atoms with Crippen molar-refractivity contribution in [2.45, 2.75) is 13.3 Å². The molecule has 0 spiro atoms. The summed E-state index contributed by atoms with van der Waals surface area (Å²) >= 11 is 0. The van der Waals surface area contributed by atoms with Crippen molar-refractivity contribution < 1.29 is 8.42 Å². The van der Waals surface area contributed by atoms with Crippen LogP contribution in [0.2, 0.25) is 0 Å². The molecule has 0 amide bonds. The van der Waals surface area contributed by atoms with Crippen molar-refractivity contribution in [2.24, 2.45) is 0 Å². The fourth-order valence-electron chi connectivity index (χ4n) is 1.53. The van der Waals surface area contributed by atoms with Gasteiger partial charge in [0.1, 0.15) is 0 Å². The lowest BCUT2D eigenvalue weighted by molar-refractivity contribution is 0.527. The Labute approximate surface area is 120 Å². The molecular formula is C13H20N4O2S. The minimum Gasteiger partial charge on any atom is -0.374 e. The SMILES string of the molecule is Cc1ccc(N(C)CCC#N)cc1NS(=O)(=O)N(C)C. The smallest absolute Gasteiger partial charge is 0.301 e. The standard InChI is InChI=1S/C13H20N4O2S/c1-11-6-7-12(17(4)9-5-8-14)10-13(11)15-20(18,19)16(2)3/h6-7,10,15H,5,9H2,1-4H3. The lowest BCUT2D eigenvalue weighted by atomic mass is 10.2. The molecule has 0 unspecified atom stereocenters. The molecule has 110 valence electrons. The molecule has 0 aromatic heterocycles. The number of benzene rings is 1. The van der Waals surface area contributed by atoms with E-state index in [1.165, 1.54) is 14.1 Å². The van der Waals surface area contributed by atoms with Crippen molar-refractivity contribution in [3.05, 3.63) is 23.8 Å². The van der Waals surface area contributed by atoms with E-state index in [4.69, 9.17) is 5.26 Å². The molecule has 6 nitrogen and oxygen atoms in total. The maximum absolute atomic E-state index is 11.9. The molecule has 0 heterocycles. The number of nitriles is 1. The van der Waals surface area contributed by atoms with E-state index in [9.17, 15) is 8.42 Å². The van der Waals surface area contributed by atoms with Gasteiger partial charge in [-0.3, -0.25) is 4.72 Å². The number of aryl methyl sites for hydroxylation is 1. The van der Waals surface area contributed by atoms with Crippen molar-refractivity contribution in [3.63, 3.8) is 0 Å². The average molecular weight is 296 g/mol. The van der Waals surface area contributed by atoms with E-state index in [1.54, 1.807) is 6.07 Å². The van der Waals surface area contributed by atoms with Crippen molar-refractivity contribution in [3.8, 4) is 6.07 Å². The van der Waals surface area contributed by atoms with Crippen LogP contribution in [0.25, 0.3) is 0 Å². The van der Waals surface area contributed by atoms with E-state index in [1.807, 2.05) is 31.0 Å². The van der Waals surface area contributed by atoms with Crippen molar-refractivity contribution in [2.75, 3.05) is 37.3 Å². The van der Waals surface area contributed by atoms with Gasteiger partial charge in [0.05, 0.1) is 18.2 Å². The Balaban J connectivity index is 3.01. The largest absolute Gasteiger partial charge is 0.374 e. The van der Waals surface area contributed by atoms with Crippen LogP contribution in [0.4, 0.5) is 11.4 Å². The Morgan fingerprint density at radius 3 is 2.50 bits per heavy atom. The third-order valence-corrected chi connectivity index (χ3v) is 4.38. The molecule has 0 saturated heterocycles. The van der Waals surface area contributed by atoms with Crippen molar-refractivity contribution in [1.82, 2.24) is 4.31 Å². The second-order valence-corrected chi connectivity index (χ2v) is 6.60. The van der Waals surface area contributed by atoms with Crippen LogP contribution >= 0.6 is 0 Å². The molecule has 0 aliphatic rings. The maximum Gasteiger partial charge on any atom is 0.301 e. The van der Waals surface area contributed by atoms with E-state index in [2.05, 4.69) is 10.8 Å². The highest BCUT2D eigenvalue weighted by Crippen LogP contribution is 2.24. The minimum absolute atomic E-state index is 0.420. The molecule has 1 aromatic rings. The Kier molecular flexibility index (Phi) is 5.36. The highest BCUT2D eigenvalue weighted by molar-refractivity contribution is 7.90. The molecule has 0 saturated carbocycles. The first-order chi connectivity index (χ1) is 9.27. The van der Waals surface area contributed by atoms with Crippen LogP contribution in [-0.4, -0.2) is 40.4 Å². The van der Waals surface area contributed by atoms with Crippen LogP contribution in [0.15, 0.2) is 18.2 Å². The summed E-state index contributed by atoms with van der Waals surface area (Å²) < 4.78 is 27.4. The predicted molar refractivity (Wildman–Crippen MR) is 80.9 cm³/mol. The molecule has 0 radical (unpaired) electrons. The molecule has 1 aromatic carbocycles. The molecule has 0 aliphatic carbocycles. The highest BCUT2D eigenvalue weighted by Gasteiger charge is 2.15. The molecule has 0 atom stereocenters. The van der Waals surface area contributed by atoms with Crippen LogP contribution in [0.3, 0.4) is 0 Å². The summed E-state index contributed by atoms with van der Waals surface area (Å²) in [7, 11) is 1.29. The summed E-state index contributed by atoms with van der Waals surface area (Å²) in [4.78, 5) is 1.91. The second kappa shape index (κ2) is 6.59. The Morgan fingerprint density at radius 2 is 1.95 bits per heavy atom. The van der Waals surface area contributed by atoms with Crippen LogP contribution in [0.5, 0.6) is 0 Å². The lowest BCUT2D eigenvalue weighted by Crippen LogP contribution is -2.29. The Hall–Kier alpha value is -1.78. The predicted octanol–water partition coefficient (Wildman–Crippen LogP) is 1.56. The van der Waals surface area contributed by atoms with Crippen LogP contribution < -0.4 is 9.62 Å². The van der Waals surface area contributed by atoms with Crippen LogP contribution in [0, 0.1) is 18.3 Å². The molecule has 20 heavy (non-hydrogen) atoms. The Bertz CT molecular complexity index is 605. The topological polar surface area (TPSA) is 76.4 Å². The summed E-state index contributed by atoms with van der Waals surface area (Å²) in [5.74, 6) is 0. The summed E-state index contributed by atoms with van der Waals surface area (Å²) in [6.07, 6.45) is 0.420. The van der Waals surface area contributed by atoms with Gasteiger partial charge in [-0.25, -0.2) is 0 Å². The molecule has 0 fully saturated rings. The zero-order valence-corrected chi connectivity index (χ0v) is 13.0. The van der Waals surface area contributed by atoms with Crippen LogP contribution in [-0.2, 0) is 10.2 Å². The first kappa shape index (κ1) is 16.3. The number of hydrogen-bond acceptors (Lipinski definition) is 4. The summed E-state index contributed by atoms with van der Waals surface area (Å²) in [6.45, 7) is 2.44. The zero-order chi connectivity index (χ0) is 15.3. The van der Waals surface area contributed by atoms with Gasteiger partial charge in [0.15, 0.2) is 0 Å². The van der Waals surface area contributed by atoms with E-state index >= 15 is 0 Å². The maximum atomic E-state index is 11.9. The van der Waals surface area contributed by atoms with E-state index < -0.39 is 10.2 Å². The molecule has 0 aliphatic heterocycles. The zero-order valence-electron chi connectivity index (χ0n) is 12.2. The number of hydrogen-bond donors (Lipinski definition) is 1. The molecule has 0 bridgehead atoms. The highest BCUT2D eigenvalue weighted by atomic mass is 32.2. The minimum atomic E-state index is -3.52. The fourth-order valence-corrected chi connectivity index (χ4v) is 2.21. The monoisotopic (exact) mass is 296 g/mol. The van der Waals surface area contributed by atoms with E-state index in [0.717, 1.165) is 15.6 Å². The second-order valence-electron chi connectivity index (χ2n) is 4.72. The first-order valence-corrected chi connectivity index (χ1v) is 7.61. The summed E-state index contributed by atoms with van der Waals surface area (Å²) in [6, 6.07) is 7.62. The third kappa shape index (κ3) is 4.11. The van der Waals surface area contributed by atoms with Gasteiger partial charge in [-0.05, 0) is 24.6 Å². The summed E-state index contributed by atoms with van der Waals surface area (Å²) in [5, 5.41) is 8.60. The first-order valence-electron chi connectivity index (χ1n) is 6.17. The van der Waals surface area contributed by atoms with E-state index in [0.29, 0.717) is 18.7 Å². The number of nitrogens with zero attached hydrogens (tertiary/aromatic N) is 3. The molecular weight excluding hydrogens is 276 g/mol. The van der Waals surface area contributed by atoms with Gasteiger partial charge in [0, 0.05) is 33.4 Å². The molecule has 1 N–H and O–H groups in total.